The molecule has 1 heterocycles. The first kappa shape index (κ1) is 21.0. The van der Waals surface area contributed by atoms with E-state index in [2.05, 4.69) is 4.98 Å². The number of esters is 1. The van der Waals surface area contributed by atoms with Crippen molar-refractivity contribution in [2.45, 2.75) is 25.7 Å². The molecule has 8 heteroatoms. The number of methoxy groups -OCH3 is 1. The van der Waals surface area contributed by atoms with E-state index in [1.165, 1.54) is 34.9 Å². The van der Waals surface area contributed by atoms with Crippen LogP contribution in [0.3, 0.4) is 0 Å². The Morgan fingerprint density at radius 1 is 1.14 bits per heavy atom. The molecule has 1 aromatic heterocycles. The van der Waals surface area contributed by atoms with Gasteiger partial charge in [0.2, 0.25) is 0 Å². The molecule has 152 valence electrons. The standard InChI is InChI=1S/C21H22N2O4S2/c1-5-23(19-13-28-20(22-19)16-9-6-14(2)7-10-16)29(25,26)17-11-8-15(3)18(12-17)21(24)27-4/h6-13H,5H2,1-4H3. The lowest BCUT2D eigenvalue weighted by Crippen LogP contribution is -2.31. The molecule has 0 saturated carbocycles. The van der Waals surface area contributed by atoms with Gasteiger partial charge in [-0.15, -0.1) is 11.3 Å². The molecule has 0 fully saturated rings. The Balaban J connectivity index is 1.99. The van der Waals surface area contributed by atoms with E-state index in [1.807, 2.05) is 31.2 Å². The summed E-state index contributed by atoms with van der Waals surface area (Å²) in [6, 6.07) is 12.4. The van der Waals surface area contributed by atoms with Crippen LogP contribution in [0.5, 0.6) is 0 Å². The first-order valence-corrected chi connectivity index (χ1v) is 11.3. The van der Waals surface area contributed by atoms with Crippen molar-refractivity contribution in [3.05, 3.63) is 64.5 Å². The van der Waals surface area contributed by atoms with Gasteiger partial charge < -0.3 is 4.74 Å². The number of anilines is 1. The highest BCUT2D eigenvalue weighted by Gasteiger charge is 2.27. The van der Waals surface area contributed by atoms with E-state index in [9.17, 15) is 13.2 Å². The smallest absolute Gasteiger partial charge is 0.338 e. The largest absolute Gasteiger partial charge is 0.465 e. The van der Waals surface area contributed by atoms with Crippen LogP contribution >= 0.6 is 11.3 Å². The molecule has 3 rings (SSSR count). The van der Waals surface area contributed by atoms with Crippen molar-refractivity contribution in [2.24, 2.45) is 0 Å². The molecule has 0 atom stereocenters. The second-order valence-electron chi connectivity index (χ2n) is 6.51. The van der Waals surface area contributed by atoms with Crippen LogP contribution in [0, 0.1) is 13.8 Å². The van der Waals surface area contributed by atoms with Gasteiger partial charge in [-0.1, -0.05) is 35.9 Å². The van der Waals surface area contributed by atoms with Crippen molar-refractivity contribution in [1.29, 1.82) is 0 Å². The number of nitrogens with zero attached hydrogens (tertiary/aromatic N) is 2. The van der Waals surface area contributed by atoms with Gasteiger partial charge >= 0.3 is 5.97 Å². The van der Waals surface area contributed by atoms with E-state index in [1.54, 1.807) is 25.3 Å². The summed E-state index contributed by atoms with van der Waals surface area (Å²) in [5, 5.41) is 2.47. The molecule has 0 bridgehead atoms. The highest BCUT2D eigenvalue weighted by molar-refractivity contribution is 7.92. The summed E-state index contributed by atoms with van der Waals surface area (Å²) in [7, 11) is -2.62. The van der Waals surface area contributed by atoms with Crippen LogP contribution in [0.15, 0.2) is 52.7 Å². The second-order valence-corrected chi connectivity index (χ2v) is 9.24. The van der Waals surface area contributed by atoms with E-state index in [0.717, 1.165) is 16.1 Å². The van der Waals surface area contributed by atoms with Crippen LogP contribution in [0.2, 0.25) is 0 Å². The number of thiazole rings is 1. The third-order valence-corrected chi connectivity index (χ3v) is 7.29. The Morgan fingerprint density at radius 3 is 2.45 bits per heavy atom. The number of carbonyl (C=O) groups excluding carboxylic acids is 1. The third-order valence-electron chi connectivity index (χ3n) is 4.54. The van der Waals surface area contributed by atoms with Gasteiger partial charge in [0.1, 0.15) is 5.01 Å². The van der Waals surface area contributed by atoms with Crippen LogP contribution in [0.1, 0.15) is 28.4 Å². The predicted octanol–water partition coefficient (Wildman–Crippen LogP) is 4.43. The van der Waals surface area contributed by atoms with E-state index >= 15 is 0 Å². The monoisotopic (exact) mass is 430 g/mol. The fraction of sp³-hybridized carbons (Fsp3) is 0.238. The Kier molecular flexibility index (Phi) is 6.04. The van der Waals surface area contributed by atoms with Gasteiger partial charge in [0.25, 0.3) is 10.0 Å². The summed E-state index contributed by atoms with van der Waals surface area (Å²) >= 11 is 1.39. The molecule has 0 saturated heterocycles. The average Bonchev–Trinajstić information content (AvgIpc) is 3.18. The van der Waals surface area contributed by atoms with Gasteiger partial charge in [-0.05, 0) is 38.5 Å². The highest BCUT2D eigenvalue weighted by atomic mass is 32.2. The topological polar surface area (TPSA) is 76.6 Å². The van der Waals surface area contributed by atoms with Gasteiger partial charge in [0.15, 0.2) is 5.82 Å². The summed E-state index contributed by atoms with van der Waals surface area (Å²) < 4.78 is 32.5. The van der Waals surface area contributed by atoms with Crippen molar-refractivity contribution >= 4 is 33.1 Å². The lowest BCUT2D eigenvalue weighted by Gasteiger charge is -2.21. The number of aromatic nitrogens is 1. The Morgan fingerprint density at radius 2 is 1.83 bits per heavy atom. The molecule has 3 aromatic rings. The van der Waals surface area contributed by atoms with Crippen molar-refractivity contribution < 1.29 is 17.9 Å². The van der Waals surface area contributed by atoms with Crippen LogP contribution < -0.4 is 4.31 Å². The van der Waals surface area contributed by atoms with Crippen LogP contribution in [0.25, 0.3) is 10.6 Å². The van der Waals surface area contributed by atoms with E-state index in [4.69, 9.17) is 4.74 Å². The molecule has 0 aliphatic heterocycles. The van der Waals surface area contributed by atoms with Crippen LogP contribution in [0.4, 0.5) is 5.82 Å². The molecular formula is C21H22N2O4S2. The molecular weight excluding hydrogens is 408 g/mol. The molecule has 0 spiro atoms. The number of hydrogen-bond donors (Lipinski definition) is 0. The van der Waals surface area contributed by atoms with Crippen molar-refractivity contribution in [3.63, 3.8) is 0 Å². The Hall–Kier alpha value is -2.71. The molecule has 6 nitrogen and oxygen atoms in total. The first-order valence-electron chi connectivity index (χ1n) is 9.02. The fourth-order valence-corrected chi connectivity index (χ4v) is 5.21. The van der Waals surface area contributed by atoms with E-state index in [-0.39, 0.29) is 17.0 Å². The number of ether oxygens (including phenoxy) is 1. The van der Waals surface area contributed by atoms with Crippen LogP contribution in [-0.4, -0.2) is 33.0 Å². The van der Waals surface area contributed by atoms with Gasteiger partial charge in [-0.3, -0.25) is 0 Å². The molecule has 2 aromatic carbocycles. The van der Waals surface area contributed by atoms with E-state index in [0.29, 0.717) is 11.4 Å². The minimum absolute atomic E-state index is 0.0234. The maximum absolute atomic E-state index is 13.3. The quantitative estimate of drug-likeness (QED) is 0.541. The van der Waals surface area contributed by atoms with Crippen molar-refractivity contribution in [1.82, 2.24) is 4.98 Å². The third kappa shape index (κ3) is 4.18. The maximum atomic E-state index is 13.3. The molecule has 29 heavy (non-hydrogen) atoms. The fourth-order valence-electron chi connectivity index (χ4n) is 2.88. The predicted molar refractivity (Wildman–Crippen MR) is 115 cm³/mol. The summed E-state index contributed by atoms with van der Waals surface area (Å²) in [6.45, 7) is 5.69. The summed E-state index contributed by atoms with van der Waals surface area (Å²) in [4.78, 5) is 16.5. The number of benzene rings is 2. The lowest BCUT2D eigenvalue weighted by molar-refractivity contribution is 0.0599. The molecule has 0 aliphatic rings. The zero-order valence-corrected chi connectivity index (χ0v) is 18.3. The Labute approximate surface area is 174 Å². The number of aryl methyl sites for hydroxylation is 2. The van der Waals surface area contributed by atoms with Crippen molar-refractivity contribution in [3.8, 4) is 10.6 Å². The summed E-state index contributed by atoms with van der Waals surface area (Å²) in [5.74, 6) is -0.216. The van der Waals surface area contributed by atoms with Crippen molar-refractivity contribution in [2.75, 3.05) is 18.0 Å². The SMILES string of the molecule is CCN(c1csc(-c2ccc(C)cc2)n1)S(=O)(=O)c1ccc(C)c(C(=O)OC)c1. The van der Waals surface area contributed by atoms with E-state index < -0.39 is 16.0 Å². The maximum Gasteiger partial charge on any atom is 0.338 e. The number of sulfonamides is 1. The average molecular weight is 431 g/mol. The minimum Gasteiger partial charge on any atom is -0.465 e. The molecule has 0 aliphatic carbocycles. The number of hydrogen-bond acceptors (Lipinski definition) is 6. The van der Waals surface area contributed by atoms with Crippen LogP contribution in [-0.2, 0) is 14.8 Å². The minimum atomic E-state index is -3.89. The summed E-state index contributed by atoms with van der Waals surface area (Å²) in [5.41, 5.74) is 2.95. The van der Waals surface area contributed by atoms with Gasteiger partial charge in [-0.2, -0.15) is 0 Å². The second kappa shape index (κ2) is 8.34. The summed E-state index contributed by atoms with van der Waals surface area (Å²) in [6.07, 6.45) is 0. The lowest BCUT2D eigenvalue weighted by atomic mass is 10.1. The molecule has 0 amide bonds. The Bertz CT molecular complexity index is 1140. The van der Waals surface area contributed by atoms with Gasteiger partial charge in [0.05, 0.1) is 17.6 Å². The zero-order chi connectivity index (χ0) is 21.2. The number of rotatable bonds is 6. The van der Waals surface area contributed by atoms with Gasteiger partial charge in [0, 0.05) is 17.5 Å². The molecule has 0 N–H and O–H groups in total. The number of carbonyl (C=O) groups is 1. The van der Waals surface area contributed by atoms with Gasteiger partial charge in [-0.25, -0.2) is 22.5 Å². The zero-order valence-electron chi connectivity index (χ0n) is 16.7. The normalized spacial score (nSPS) is 11.3. The highest BCUT2D eigenvalue weighted by Crippen LogP contribution is 2.31. The molecule has 0 unspecified atom stereocenters. The molecule has 0 radical (unpaired) electrons. The first-order chi connectivity index (χ1) is 13.8.